The van der Waals surface area contributed by atoms with Crippen molar-refractivity contribution in [1.82, 2.24) is 0 Å². The van der Waals surface area contributed by atoms with Crippen molar-refractivity contribution < 1.29 is 17.2 Å². The summed E-state index contributed by atoms with van der Waals surface area (Å²) in [6, 6.07) is 8.80. The molecule has 1 saturated carbocycles. The van der Waals surface area contributed by atoms with Crippen LogP contribution in [0.15, 0.2) is 35.2 Å². The second-order valence-corrected chi connectivity index (χ2v) is 6.17. The number of nitrogens with zero attached hydrogens (tertiary/aromatic N) is 1. The van der Waals surface area contributed by atoms with Crippen LogP contribution in [-0.2, 0) is 9.84 Å². The first-order chi connectivity index (χ1) is 7.95. The van der Waals surface area contributed by atoms with Crippen molar-refractivity contribution >= 4 is 9.84 Å². The van der Waals surface area contributed by atoms with Gasteiger partial charge in [-0.15, -0.1) is 0 Å². The molecule has 0 spiro atoms. The molecule has 3 nitrogen and oxygen atoms in total. The Morgan fingerprint density at radius 3 is 2.35 bits per heavy atom. The minimum absolute atomic E-state index is 0.0790. The van der Waals surface area contributed by atoms with Gasteiger partial charge in [0.1, 0.15) is 0 Å². The van der Waals surface area contributed by atoms with Gasteiger partial charge in [-0.2, -0.15) is 5.26 Å². The summed E-state index contributed by atoms with van der Waals surface area (Å²) >= 11 is 0. The zero-order chi connectivity index (χ0) is 12.7. The van der Waals surface area contributed by atoms with Crippen LogP contribution < -0.4 is 0 Å². The predicted molar refractivity (Wildman–Crippen MR) is 56.1 cm³/mol. The molecule has 17 heavy (non-hydrogen) atoms. The zero-order valence-corrected chi connectivity index (χ0v) is 9.49. The van der Waals surface area contributed by atoms with E-state index in [1.165, 1.54) is 24.3 Å². The van der Waals surface area contributed by atoms with Crippen LogP contribution in [0.1, 0.15) is 6.42 Å². The fourth-order valence-electron chi connectivity index (χ4n) is 1.87. The third-order valence-electron chi connectivity index (χ3n) is 2.99. The molecule has 6 heteroatoms. The van der Waals surface area contributed by atoms with Gasteiger partial charge in [0.15, 0.2) is 14.6 Å². The van der Waals surface area contributed by atoms with E-state index in [4.69, 9.17) is 5.26 Å². The summed E-state index contributed by atoms with van der Waals surface area (Å²) in [6.45, 7) is 0. The largest absolute Gasteiger partial charge is 0.244 e. The van der Waals surface area contributed by atoms with Crippen LogP contribution in [0, 0.1) is 17.2 Å². The number of alkyl halides is 2. The molecule has 1 aliphatic carbocycles. The molecular weight excluding hydrogens is 248 g/mol. The average molecular weight is 257 g/mol. The summed E-state index contributed by atoms with van der Waals surface area (Å²) in [5.74, 6) is -1.38. The van der Waals surface area contributed by atoms with E-state index in [1.54, 1.807) is 12.1 Å². The molecule has 2 rings (SSSR count). The molecule has 90 valence electrons. The van der Waals surface area contributed by atoms with Crippen LogP contribution in [0.2, 0.25) is 0 Å². The van der Waals surface area contributed by atoms with Crippen LogP contribution >= 0.6 is 0 Å². The summed E-state index contributed by atoms with van der Waals surface area (Å²) in [6.07, 6.45) is -3.08. The second kappa shape index (κ2) is 3.77. The van der Waals surface area contributed by atoms with Crippen LogP contribution in [0.3, 0.4) is 0 Å². The lowest BCUT2D eigenvalue weighted by molar-refractivity contribution is 0.120. The van der Waals surface area contributed by atoms with Crippen molar-refractivity contribution in [1.29, 1.82) is 5.26 Å². The topological polar surface area (TPSA) is 57.9 Å². The standard InChI is InChI=1S/C11H9F2NO2S/c12-10(13)9-6-11(9,7-14)17(15,16)8-4-2-1-3-5-8/h1-5,9-10H,6H2/t9-,11-/m0/s1. The first-order valence-electron chi connectivity index (χ1n) is 4.95. The van der Waals surface area contributed by atoms with Gasteiger partial charge < -0.3 is 0 Å². The number of nitriles is 1. The Morgan fingerprint density at radius 2 is 1.94 bits per heavy atom. The normalized spacial score (nSPS) is 27.8. The van der Waals surface area contributed by atoms with Crippen LogP contribution in [0.5, 0.6) is 0 Å². The average Bonchev–Trinajstić information content (AvgIpc) is 3.07. The summed E-state index contributed by atoms with van der Waals surface area (Å²) in [5.41, 5.74) is 0. The molecule has 0 amide bonds. The maximum atomic E-state index is 12.5. The Kier molecular flexibility index (Phi) is 2.66. The van der Waals surface area contributed by atoms with E-state index in [1.807, 2.05) is 0 Å². The molecule has 0 heterocycles. The van der Waals surface area contributed by atoms with Gasteiger partial charge in [-0.3, -0.25) is 0 Å². The van der Waals surface area contributed by atoms with E-state index in [0.717, 1.165) is 0 Å². The number of hydrogen-bond donors (Lipinski definition) is 0. The Bertz CT molecular complexity index is 565. The molecule has 0 unspecified atom stereocenters. The summed E-state index contributed by atoms with van der Waals surface area (Å²) in [7, 11) is -4.01. The van der Waals surface area contributed by atoms with Gasteiger partial charge in [-0.1, -0.05) is 18.2 Å². The third-order valence-corrected chi connectivity index (χ3v) is 5.40. The van der Waals surface area contributed by atoms with Crippen molar-refractivity contribution in [2.75, 3.05) is 0 Å². The number of rotatable bonds is 3. The number of halogens is 2. The molecule has 0 aliphatic heterocycles. The van der Waals surface area contributed by atoms with Gasteiger partial charge in [-0.25, -0.2) is 17.2 Å². The highest BCUT2D eigenvalue weighted by Crippen LogP contribution is 2.54. The fourth-order valence-corrected chi connectivity index (χ4v) is 3.82. The Balaban J connectivity index is 2.45. The Labute approximate surface area is 97.6 Å². The Morgan fingerprint density at radius 1 is 1.35 bits per heavy atom. The van der Waals surface area contributed by atoms with Gasteiger partial charge in [0, 0.05) is 0 Å². The van der Waals surface area contributed by atoms with Crippen molar-refractivity contribution in [2.24, 2.45) is 5.92 Å². The maximum Gasteiger partial charge on any atom is 0.244 e. The minimum Gasteiger partial charge on any atom is -0.222 e. The van der Waals surface area contributed by atoms with Gasteiger partial charge in [0.2, 0.25) is 6.43 Å². The molecule has 0 saturated heterocycles. The van der Waals surface area contributed by atoms with E-state index >= 15 is 0 Å². The van der Waals surface area contributed by atoms with Crippen molar-refractivity contribution in [2.45, 2.75) is 22.5 Å². The number of sulfone groups is 1. The molecule has 0 bridgehead atoms. The number of hydrogen-bond acceptors (Lipinski definition) is 3. The van der Waals surface area contributed by atoms with Crippen LogP contribution in [0.4, 0.5) is 8.78 Å². The highest BCUT2D eigenvalue weighted by molar-refractivity contribution is 7.93. The predicted octanol–water partition coefficient (Wildman–Crippen LogP) is 2.01. The quantitative estimate of drug-likeness (QED) is 0.832. The summed E-state index contributed by atoms with van der Waals surface area (Å²) in [5, 5.41) is 8.91. The molecular formula is C11H9F2NO2S. The van der Waals surface area contributed by atoms with Gasteiger partial charge in [0.25, 0.3) is 0 Å². The summed E-state index contributed by atoms with van der Waals surface area (Å²) < 4.78 is 47.3. The molecule has 1 aliphatic rings. The van der Waals surface area contributed by atoms with E-state index in [9.17, 15) is 17.2 Å². The van der Waals surface area contributed by atoms with Crippen LogP contribution in [-0.4, -0.2) is 19.6 Å². The molecule has 2 atom stereocenters. The van der Waals surface area contributed by atoms with Crippen molar-refractivity contribution in [3.05, 3.63) is 30.3 Å². The molecule has 1 aromatic carbocycles. The highest BCUT2D eigenvalue weighted by Gasteiger charge is 2.68. The SMILES string of the molecule is N#C[C@@]1(S(=O)(=O)c2ccccc2)C[C@H]1C(F)F. The van der Waals surface area contributed by atoms with E-state index in [-0.39, 0.29) is 11.3 Å². The van der Waals surface area contributed by atoms with Gasteiger partial charge in [0.05, 0.1) is 16.9 Å². The zero-order valence-electron chi connectivity index (χ0n) is 8.68. The Hall–Kier alpha value is -1.48. The highest BCUT2D eigenvalue weighted by atomic mass is 32.2. The van der Waals surface area contributed by atoms with Gasteiger partial charge in [-0.05, 0) is 18.6 Å². The van der Waals surface area contributed by atoms with Gasteiger partial charge >= 0.3 is 0 Å². The molecule has 0 aromatic heterocycles. The summed E-state index contributed by atoms with van der Waals surface area (Å²) in [4.78, 5) is -0.0790. The van der Waals surface area contributed by atoms with E-state index in [2.05, 4.69) is 0 Å². The van der Waals surface area contributed by atoms with Crippen LogP contribution in [0.25, 0.3) is 0 Å². The van der Waals surface area contributed by atoms with E-state index in [0.29, 0.717) is 0 Å². The first-order valence-corrected chi connectivity index (χ1v) is 6.43. The van der Waals surface area contributed by atoms with Crippen molar-refractivity contribution in [3.63, 3.8) is 0 Å². The third kappa shape index (κ3) is 1.62. The minimum atomic E-state index is -4.01. The number of benzene rings is 1. The first kappa shape index (κ1) is 12.0. The lowest BCUT2D eigenvalue weighted by Crippen LogP contribution is -2.26. The lowest BCUT2D eigenvalue weighted by atomic mass is 10.3. The van der Waals surface area contributed by atoms with Crippen molar-refractivity contribution in [3.8, 4) is 6.07 Å². The monoisotopic (exact) mass is 257 g/mol. The fraction of sp³-hybridized carbons (Fsp3) is 0.364. The maximum absolute atomic E-state index is 12.5. The second-order valence-electron chi connectivity index (χ2n) is 3.96. The van der Waals surface area contributed by atoms with E-state index < -0.39 is 26.9 Å². The molecule has 1 aromatic rings. The molecule has 1 fully saturated rings. The molecule has 0 radical (unpaired) electrons. The molecule has 0 N–H and O–H groups in total. The smallest absolute Gasteiger partial charge is 0.222 e. The lowest BCUT2D eigenvalue weighted by Gasteiger charge is -2.10.